The summed E-state index contributed by atoms with van der Waals surface area (Å²) in [7, 11) is 0. The number of hydrogen-bond acceptors (Lipinski definition) is 3. The van der Waals surface area contributed by atoms with Gasteiger partial charge in [-0.15, -0.1) is 0 Å². The van der Waals surface area contributed by atoms with E-state index in [0.29, 0.717) is 16.7 Å². The van der Waals surface area contributed by atoms with Gasteiger partial charge in [-0.25, -0.2) is 0 Å². The van der Waals surface area contributed by atoms with E-state index in [9.17, 15) is 0 Å². The molecule has 0 aliphatic heterocycles. The van der Waals surface area contributed by atoms with Gasteiger partial charge in [0.15, 0.2) is 0 Å². The van der Waals surface area contributed by atoms with Gasteiger partial charge in [-0.3, -0.25) is 4.99 Å². The van der Waals surface area contributed by atoms with E-state index in [1.54, 1.807) is 12.1 Å². The molecule has 0 bridgehead atoms. The Morgan fingerprint density at radius 2 is 1.39 bits per heavy atom. The molecule has 0 unspecified atom stereocenters. The van der Waals surface area contributed by atoms with Crippen molar-refractivity contribution in [2.75, 3.05) is 0 Å². The molecule has 31 heavy (non-hydrogen) atoms. The van der Waals surface area contributed by atoms with Crippen LogP contribution in [0.15, 0.2) is 102 Å². The van der Waals surface area contributed by atoms with Crippen LogP contribution in [0, 0.1) is 0 Å². The maximum Gasteiger partial charge on any atom is 0.127 e. The van der Waals surface area contributed by atoms with Crippen LogP contribution < -0.4 is 9.47 Å². The van der Waals surface area contributed by atoms with E-state index in [0.717, 1.165) is 34.1 Å². The summed E-state index contributed by atoms with van der Waals surface area (Å²) in [6.45, 7) is 0.376. The number of rotatable bonds is 7. The fourth-order valence-electron chi connectivity index (χ4n) is 2.82. The standard InChI is InChI=1S/C26H19Cl2NO2/c27-21-9-8-20(26(28)16-21)18-30-23-12-6-19(7-13-23)17-29-22-10-14-25(15-11-22)31-24-4-2-1-3-5-24/h1-17H,18H2. The van der Waals surface area contributed by atoms with Crippen LogP contribution in [0.4, 0.5) is 5.69 Å². The lowest BCUT2D eigenvalue weighted by Crippen LogP contribution is -1.96. The van der Waals surface area contributed by atoms with Crippen molar-refractivity contribution in [3.8, 4) is 17.2 Å². The molecule has 4 aromatic carbocycles. The SMILES string of the molecule is Clc1ccc(COc2ccc(C=Nc3ccc(Oc4ccccc4)cc3)cc2)c(Cl)c1. The van der Waals surface area contributed by atoms with Crippen molar-refractivity contribution in [3.63, 3.8) is 0 Å². The molecule has 4 aromatic rings. The van der Waals surface area contributed by atoms with Crippen LogP contribution in [0.1, 0.15) is 11.1 Å². The molecular formula is C26H19Cl2NO2. The Morgan fingerprint density at radius 1 is 0.710 bits per heavy atom. The minimum absolute atomic E-state index is 0.376. The largest absolute Gasteiger partial charge is 0.489 e. The van der Waals surface area contributed by atoms with Crippen LogP contribution in [-0.4, -0.2) is 6.21 Å². The molecule has 0 aliphatic carbocycles. The minimum atomic E-state index is 0.376. The number of hydrogen-bond donors (Lipinski definition) is 0. The quantitative estimate of drug-likeness (QED) is 0.267. The van der Waals surface area contributed by atoms with Gasteiger partial charge in [0.2, 0.25) is 0 Å². The van der Waals surface area contributed by atoms with E-state index in [2.05, 4.69) is 4.99 Å². The van der Waals surface area contributed by atoms with Crippen LogP contribution >= 0.6 is 23.2 Å². The molecule has 0 amide bonds. The second-order valence-corrected chi connectivity index (χ2v) is 7.60. The van der Waals surface area contributed by atoms with Crippen molar-refractivity contribution in [2.45, 2.75) is 6.61 Å². The predicted molar refractivity (Wildman–Crippen MR) is 127 cm³/mol. The molecule has 0 saturated heterocycles. The maximum atomic E-state index is 6.18. The number of benzene rings is 4. The molecule has 0 fully saturated rings. The van der Waals surface area contributed by atoms with Gasteiger partial charge in [-0.1, -0.05) is 47.5 Å². The van der Waals surface area contributed by atoms with E-state index in [1.807, 2.05) is 91.1 Å². The lowest BCUT2D eigenvalue weighted by atomic mass is 10.2. The van der Waals surface area contributed by atoms with Crippen molar-refractivity contribution >= 4 is 35.1 Å². The topological polar surface area (TPSA) is 30.8 Å². The first-order valence-electron chi connectivity index (χ1n) is 9.69. The third-order valence-corrected chi connectivity index (χ3v) is 5.05. The fraction of sp³-hybridized carbons (Fsp3) is 0.0385. The predicted octanol–water partition coefficient (Wildman–Crippen LogP) is 8.12. The highest BCUT2D eigenvalue weighted by molar-refractivity contribution is 6.35. The summed E-state index contributed by atoms with van der Waals surface area (Å²) in [6.07, 6.45) is 1.81. The number of ether oxygens (including phenoxy) is 2. The molecule has 0 saturated carbocycles. The maximum absolute atomic E-state index is 6.18. The first kappa shape index (κ1) is 21.0. The van der Waals surface area contributed by atoms with Gasteiger partial charge in [-0.05, 0) is 78.4 Å². The van der Waals surface area contributed by atoms with Crippen molar-refractivity contribution in [3.05, 3.63) is 118 Å². The van der Waals surface area contributed by atoms with E-state index in [1.165, 1.54) is 0 Å². The normalized spacial score (nSPS) is 10.9. The van der Waals surface area contributed by atoms with E-state index < -0.39 is 0 Å². The summed E-state index contributed by atoms with van der Waals surface area (Å²) in [4.78, 5) is 4.52. The smallest absolute Gasteiger partial charge is 0.127 e. The van der Waals surface area contributed by atoms with Crippen LogP contribution in [0.2, 0.25) is 10.0 Å². The number of halogens is 2. The summed E-state index contributed by atoms with van der Waals surface area (Å²) in [5.41, 5.74) is 2.70. The van der Waals surface area contributed by atoms with Gasteiger partial charge in [0, 0.05) is 21.8 Å². The van der Waals surface area contributed by atoms with Crippen LogP contribution in [0.25, 0.3) is 0 Å². The summed E-state index contributed by atoms with van der Waals surface area (Å²) in [6, 6.07) is 30.4. The van der Waals surface area contributed by atoms with E-state index >= 15 is 0 Å². The number of para-hydroxylation sites is 1. The molecule has 0 aromatic heterocycles. The zero-order valence-electron chi connectivity index (χ0n) is 16.5. The average Bonchev–Trinajstić information content (AvgIpc) is 2.79. The van der Waals surface area contributed by atoms with E-state index in [-0.39, 0.29) is 0 Å². The van der Waals surface area contributed by atoms with Crippen molar-refractivity contribution in [2.24, 2.45) is 4.99 Å². The van der Waals surface area contributed by atoms with Crippen LogP contribution in [0.5, 0.6) is 17.2 Å². The summed E-state index contributed by atoms with van der Waals surface area (Å²) < 4.78 is 11.6. The Morgan fingerprint density at radius 3 is 2.10 bits per heavy atom. The first-order chi connectivity index (χ1) is 15.2. The second kappa shape index (κ2) is 10.2. The molecule has 0 aliphatic rings. The van der Waals surface area contributed by atoms with Gasteiger partial charge in [-0.2, -0.15) is 0 Å². The molecule has 5 heteroatoms. The Balaban J connectivity index is 1.33. The lowest BCUT2D eigenvalue weighted by Gasteiger charge is -2.08. The Bertz CT molecular complexity index is 1160. The zero-order chi connectivity index (χ0) is 21.5. The van der Waals surface area contributed by atoms with Crippen molar-refractivity contribution in [1.29, 1.82) is 0 Å². The number of aliphatic imine (C=N–C) groups is 1. The molecule has 0 spiro atoms. The molecule has 3 nitrogen and oxygen atoms in total. The minimum Gasteiger partial charge on any atom is -0.489 e. The monoisotopic (exact) mass is 447 g/mol. The fourth-order valence-corrected chi connectivity index (χ4v) is 3.29. The molecule has 154 valence electrons. The molecule has 0 radical (unpaired) electrons. The zero-order valence-corrected chi connectivity index (χ0v) is 18.1. The summed E-state index contributed by atoms with van der Waals surface area (Å²) in [5, 5.41) is 1.20. The Kier molecular flexibility index (Phi) is 6.88. The third kappa shape index (κ3) is 6.11. The average molecular weight is 448 g/mol. The molecule has 4 rings (SSSR count). The van der Waals surface area contributed by atoms with Gasteiger partial charge in [0.25, 0.3) is 0 Å². The van der Waals surface area contributed by atoms with Crippen LogP contribution in [-0.2, 0) is 6.61 Å². The second-order valence-electron chi connectivity index (χ2n) is 6.76. The van der Waals surface area contributed by atoms with Gasteiger partial charge >= 0.3 is 0 Å². The third-order valence-electron chi connectivity index (χ3n) is 4.47. The molecule has 0 heterocycles. The van der Waals surface area contributed by atoms with Crippen LogP contribution in [0.3, 0.4) is 0 Å². The van der Waals surface area contributed by atoms with Gasteiger partial charge in [0.1, 0.15) is 23.9 Å². The lowest BCUT2D eigenvalue weighted by molar-refractivity contribution is 0.306. The summed E-state index contributed by atoms with van der Waals surface area (Å²) >= 11 is 12.1. The molecular weight excluding hydrogens is 429 g/mol. The summed E-state index contributed by atoms with van der Waals surface area (Å²) in [5.74, 6) is 2.33. The number of nitrogens with zero attached hydrogens (tertiary/aromatic N) is 1. The molecule has 0 atom stereocenters. The van der Waals surface area contributed by atoms with Crippen molar-refractivity contribution < 1.29 is 9.47 Å². The van der Waals surface area contributed by atoms with E-state index in [4.69, 9.17) is 32.7 Å². The highest BCUT2D eigenvalue weighted by Gasteiger charge is 2.03. The van der Waals surface area contributed by atoms with Gasteiger partial charge < -0.3 is 9.47 Å². The van der Waals surface area contributed by atoms with Crippen molar-refractivity contribution in [1.82, 2.24) is 0 Å². The van der Waals surface area contributed by atoms with Gasteiger partial charge in [0.05, 0.1) is 5.69 Å². The highest BCUT2D eigenvalue weighted by Crippen LogP contribution is 2.25. The highest BCUT2D eigenvalue weighted by atomic mass is 35.5. The molecule has 0 N–H and O–H groups in total. The Labute approximate surface area is 191 Å². The Hall–Kier alpha value is -3.27. The first-order valence-corrected chi connectivity index (χ1v) is 10.5.